The van der Waals surface area contributed by atoms with Crippen molar-refractivity contribution in [3.05, 3.63) is 23.5 Å². The van der Waals surface area contributed by atoms with E-state index in [4.69, 9.17) is 4.74 Å². The minimum atomic E-state index is 0.0360. The van der Waals surface area contributed by atoms with Gasteiger partial charge < -0.3 is 14.5 Å². The molecule has 1 saturated heterocycles. The molecule has 1 fully saturated rings. The maximum atomic E-state index is 12.3. The molecular weight excluding hydrogens is 254 g/mol. The van der Waals surface area contributed by atoms with Crippen molar-refractivity contribution in [1.29, 1.82) is 0 Å². The minimum Gasteiger partial charge on any atom is -0.495 e. The highest BCUT2D eigenvalue weighted by atomic mass is 16.5. The molecule has 1 amide bonds. The van der Waals surface area contributed by atoms with Gasteiger partial charge in [0.1, 0.15) is 5.75 Å². The van der Waals surface area contributed by atoms with Crippen LogP contribution in [0.2, 0.25) is 0 Å². The van der Waals surface area contributed by atoms with Crippen LogP contribution in [0.5, 0.6) is 5.75 Å². The Bertz CT molecular complexity index is 441. The fourth-order valence-corrected chi connectivity index (χ4v) is 2.03. The van der Waals surface area contributed by atoms with Crippen LogP contribution in [0.25, 0.3) is 0 Å². The Balaban J connectivity index is 0.000000956. The van der Waals surface area contributed by atoms with Gasteiger partial charge in [-0.1, -0.05) is 13.8 Å². The average molecular weight is 279 g/mol. The summed E-state index contributed by atoms with van der Waals surface area (Å²) in [6.45, 7) is 9.24. The molecule has 0 saturated carbocycles. The molecule has 2 rings (SSSR count). The number of likely N-dealkylation sites (N-methyl/N-ethyl adjacent to an activating group) is 1. The summed E-state index contributed by atoms with van der Waals surface area (Å²) in [5.41, 5.74) is 1.40. The molecule has 1 aliphatic rings. The van der Waals surface area contributed by atoms with E-state index in [1.165, 1.54) is 0 Å². The SMILES string of the molecule is CC.COc1cc(C(=O)N2CCN(C)CC2)cnc1C. The van der Waals surface area contributed by atoms with Gasteiger partial charge in [-0.15, -0.1) is 0 Å². The Hall–Kier alpha value is -1.62. The summed E-state index contributed by atoms with van der Waals surface area (Å²) in [6, 6.07) is 1.77. The number of nitrogens with zero attached hydrogens (tertiary/aromatic N) is 3. The van der Waals surface area contributed by atoms with Crippen molar-refractivity contribution in [1.82, 2.24) is 14.8 Å². The van der Waals surface area contributed by atoms with E-state index in [0.29, 0.717) is 11.3 Å². The number of ether oxygens (including phenoxy) is 1. The zero-order valence-electron chi connectivity index (χ0n) is 13.1. The molecule has 1 aromatic rings. The van der Waals surface area contributed by atoms with E-state index in [1.807, 2.05) is 25.7 Å². The number of hydrogen-bond donors (Lipinski definition) is 0. The molecule has 5 heteroatoms. The van der Waals surface area contributed by atoms with E-state index in [-0.39, 0.29) is 5.91 Å². The summed E-state index contributed by atoms with van der Waals surface area (Å²) >= 11 is 0. The predicted molar refractivity (Wildman–Crippen MR) is 80.3 cm³/mol. The Kier molecular flexibility index (Phi) is 6.45. The third-order valence-corrected chi connectivity index (χ3v) is 3.30. The first-order chi connectivity index (χ1) is 9.61. The number of aromatic nitrogens is 1. The maximum absolute atomic E-state index is 12.3. The van der Waals surface area contributed by atoms with Gasteiger partial charge in [0.2, 0.25) is 0 Å². The molecule has 112 valence electrons. The molecule has 1 aromatic heterocycles. The Labute approximate surface area is 121 Å². The molecule has 2 heterocycles. The van der Waals surface area contributed by atoms with Crippen LogP contribution in [0.3, 0.4) is 0 Å². The van der Waals surface area contributed by atoms with Gasteiger partial charge in [-0.05, 0) is 20.0 Å². The third kappa shape index (κ3) is 3.93. The molecular formula is C15H25N3O2. The summed E-state index contributed by atoms with van der Waals surface area (Å²) in [5.74, 6) is 0.698. The van der Waals surface area contributed by atoms with Gasteiger partial charge in [-0.25, -0.2) is 0 Å². The Morgan fingerprint density at radius 1 is 1.25 bits per heavy atom. The first-order valence-electron chi connectivity index (χ1n) is 7.10. The number of amides is 1. The molecule has 0 spiro atoms. The smallest absolute Gasteiger partial charge is 0.255 e. The fraction of sp³-hybridized carbons (Fsp3) is 0.600. The lowest BCUT2D eigenvalue weighted by Gasteiger charge is -2.32. The van der Waals surface area contributed by atoms with Crippen molar-refractivity contribution in [3.8, 4) is 5.75 Å². The van der Waals surface area contributed by atoms with Crippen molar-refractivity contribution in [2.45, 2.75) is 20.8 Å². The standard InChI is InChI=1S/C13H19N3O2.C2H6/c1-10-12(18-3)8-11(9-14-10)13(17)16-6-4-15(2)5-7-16;1-2/h8-9H,4-7H2,1-3H3;1-2H3. The number of piperazine rings is 1. The van der Waals surface area contributed by atoms with Crippen LogP contribution in [0.4, 0.5) is 0 Å². The summed E-state index contributed by atoms with van der Waals surface area (Å²) < 4.78 is 5.20. The van der Waals surface area contributed by atoms with Crippen molar-refractivity contribution in [2.75, 3.05) is 40.3 Å². The lowest BCUT2D eigenvalue weighted by molar-refractivity contribution is 0.0663. The van der Waals surface area contributed by atoms with Crippen LogP contribution in [0.1, 0.15) is 29.9 Å². The summed E-state index contributed by atoms with van der Waals surface area (Å²) in [5, 5.41) is 0. The van der Waals surface area contributed by atoms with E-state index in [1.54, 1.807) is 19.4 Å². The molecule has 0 aliphatic carbocycles. The van der Waals surface area contributed by atoms with Gasteiger partial charge in [0.25, 0.3) is 5.91 Å². The van der Waals surface area contributed by atoms with Crippen LogP contribution < -0.4 is 4.74 Å². The predicted octanol–water partition coefficient (Wildman–Crippen LogP) is 1.81. The second kappa shape index (κ2) is 7.85. The van der Waals surface area contributed by atoms with Gasteiger partial charge in [-0.3, -0.25) is 9.78 Å². The first kappa shape index (κ1) is 16.4. The van der Waals surface area contributed by atoms with Crippen LogP contribution in [0.15, 0.2) is 12.3 Å². The van der Waals surface area contributed by atoms with E-state index in [9.17, 15) is 4.79 Å². The number of hydrogen-bond acceptors (Lipinski definition) is 4. The molecule has 5 nitrogen and oxygen atoms in total. The molecule has 20 heavy (non-hydrogen) atoms. The molecule has 1 aliphatic heterocycles. The maximum Gasteiger partial charge on any atom is 0.255 e. The van der Waals surface area contributed by atoms with Crippen LogP contribution in [-0.2, 0) is 0 Å². The van der Waals surface area contributed by atoms with Gasteiger partial charge in [0.15, 0.2) is 0 Å². The van der Waals surface area contributed by atoms with Gasteiger partial charge in [0, 0.05) is 32.4 Å². The molecule has 0 unspecified atom stereocenters. The van der Waals surface area contributed by atoms with Crippen LogP contribution in [0, 0.1) is 6.92 Å². The first-order valence-corrected chi connectivity index (χ1v) is 7.10. The highest BCUT2D eigenvalue weighted by Gasteiger charge is 2.21. The molecule has 0 N–H and O–H groups in total. The largest absolute Gasteiger partial charge is 0.495 e. The molecule has 0 bridgehead atoms. The van der Waals surface area contributed by atoms with E-state index >= 15 is 0 Å². The number of aryl methyl sites for hydroxylation is 1. The van der Waals surface area contributed by atoms with Crippen molar-refractivity contribution >= 4 is 5.91 Å². The molecule has 0 atom stereocenters. The quantitative estimate of drug-likeness (QED) is 0.828. The zero-order valence-corrected chi connectivity index (χ0v) is 13.1. The third-order valence-electron chi connectivity index (χ3n) is 3.30. The van der Waals surface area contributed by atoms with Gasteiger partial charge in [0.05, 0.1) is 18.4 Å². The van der Waals surface area contributed by atoms with Crippen LogP contribution in [-0.4, -0.2) is 61.0 Å². The number of carbonyl (C=O) groups is 1. The van der Waals surface area contributed by atoms with Crippen molar-refractivity contribution in [2.24, 2.45) is 0 Å². The number of rotatable bonds is 2. The average Bonchev–Trinajstić information content (AvgIpc) is 2.50. The monoisotopic (exact) mass is 279 g/mol. The number of carbonyl (C=O) groups excluding carboxylic acids is 1. The zero-order chi connectivity index (χ0) is 15.1. The Morgan fingerprint density at radius 2 is 1.85 bits per heavy atom. The second-order valence-corrected chi connectivity index (χ2v) is 4.61. The van der Waals surface area contributed by atoms with Crippen molar-refractivity contribution < 1.29 is 9.53 Å². The summed E-state index contributed by atoms with van der Waals surface area (Å²) in [6.07, 6.45) is 1.62. The Morgan fingerprint density at radius 3 is 2.40 bits per heavy atom. The summed E-state index contributed by atoms with van der Waals surface area (Å²) in [4.78, 5) is 20.6. The van der Waals surface area contributed by atoms with Crippen LogP contribution >= 0.6 is 0 Å². The lowest BCUT2D eigenvalue weighted by Crippen LogP contribution is -2.47. The topological polar surface area (TPSA) is 45.7 Å². The fourth-order valence-electron chi connectivity index (χ4n) is 2.03. The molecule has 0 radical (unpaired) electrons. The van der Waals surface area contributed by atoms with E-state index in [2.05, 4.69) is 16.9 Å². The summed E-state index contributed by atoms with van der Waals surface area (Å²) in [7, 11) is 3.66. The highest BCUT2D eigenvalue weighted by molar-refractivity contribution is 5.94. The molecule has 0 aromatic carbocycles. The van der Waals surface area contributed by atoms with Gasteiger partial charge >= 0.3 is 0 Å². The second-order valence-electron chi connectivity index (χ2n) is 4.61. The normalized spacial score (nSPS) is 15.3. The van der Waals surface area contributed by atoms with Crippen molar-refractivity contribution in [3.63, 3.8) is 0 Å². The minimum absolute atomic E-state index is 0.0360. The van der Waals surface area contributed by atoms with E-state index in [0.717, 1.165) is 31.9 Å². The number of methoxy groups -OCH3 is 1. The number of pyridine rings is 1. The van der Waals surface area contributed by atoms with E-state index < -0.39 is 0 Å². The lowest BCUT2D eigenvalue weighted by atomic mass is 10.2. The highest BCUT2D eigenvalue weighted by Crippen LogP contribution is 2.18. The van der Waals surface area contributed by atoms with Gasteiger partial charge in [-0.2, -0.15) is 0 Å².